The van der Waals surface area contributed by atoms with Crippen molar-refractivity contribution in [3.8, 4) is 0 Å². The van der Waals surface area contributed by atoms with Gasteiger partial charge in [-0.25, -0.2) is 19.2 Å². The number of carbonyl (C=O) groups excluding carboxylic acids is 4. The molecule has 11 heteroatoms. The first-order chi connectivity index (χ1) is 15.3. The van der Waals surface area contributed by atoms with Gasteiger partial charge in [0.15, 0.2) is 24.6 Å². The van der Waals surface area contributed by atoms with Gasteiger partial charge in [0.05, 0.1) is 0 Å². The SMILES string of the molecule is C=C(C)C(=O)OCC1O[C@@H](OC)C(OC(=O)C(=C)C)[C@@H](OC(=O)C(=C)C)[C@@H]1OC(=O)C(=C)C.[H-].[Na+]. The first-order valence-corrected chi connectivity index (χ1v) is 9.90. The molecule has 2 unspecified atom stereocenters. The minimum atomic E-state index is -1.41. The van der Waals surface area contributed by atoms with E-state index < -0.39 is 61.2 Å². The van der Waals surface area contributed by atoms with Crippen LogP contribution in [0.25, 0.3) is 0 Å². The zero-order valence-corrected chi connectivity index (χ0v) is 22.5. The van der Waals surface area contributed by atoms with Crippen molar-refractivity contribution in [2.24, 2.45) is 0 Å². The number of rotatable bonds is 10. The van der Waals surface area contributed by atoms with Crippen LogP contribution in [0, 0.1) is 0 Å². The van der Waals surface area contributed by atoms with E-state index in [0.29, 0.717) is 0 Å². The van der Waals surface area contributed by atoms with Gasteiger partial charge in [-0.2, -0.15) is 0 Å². The Morgan fingerprint density at radius 1 is 0.706 bits per heavy atom. The minimum Gasteiger partial charge on any atom is -1.00 e. The number of ether oxygens (including phenoxy) is 6. The molecule has 34 heavy (non-hydrogen) atoms. The van der Waals surface area contributed by atoms with Gasteiger partial charge >= 0.3 is 53.4 Å². The topological polar surface area (TPSA) is 124 Å². The Morgan fingerprint density at radius 3 is 1.47 bits per heavy atom. The van der Waals surface area contributed by atoms with E-state index in [2.05, 4.69) is 26.3 Å². The summed E-state index contributed by atoms with van der Waals surface area (Å²) in [4.78, 5) is 48.9. The summed E-state index contributed by atoms with van der Waals surface area (Å²) in [5, 5.41) is 0. The fourth-order valence-corrected chi connectivity index (χ4v) is 2.56. The van der Waals surface area contributed by atoms with E-state index in [4.69, 9.17) is 28.4 Å². The van der Waals surface area contributed by atoms with Crippen LogP contribution in [0.1, 0.15) is 29.1 Å². The van der Waals surface area contributed by atoms with Crippen molar-refractivity contribution in [3.05, 3.63) is 48.6 Å². The van der Waals surface area contributed by atoms with E-state index in [-0.39, 0.29) is 53.3 Å². The summed E-state index contributed by atoms with van der Waals surface area (Å²) >= 11 is 0. The molecule has 0 aromatic rings. The minimum absolute atomic E-state index is 0. The molecule has 0 aliphatic carbocycles. The molecule has 184 valence electrons. The largest absolute Gasteiger partial charge is 1.00 e. The molecule has 5 atom stereocenters. The molecule has 1 heterocycles. The molecule has 1 aliphatic rings. The predicted molar refractivity (Wildman–Crippen MR) is 117 cm³/mol. The van der Waals surface area contributed by atoms with Gasteiger partial charge in [0.25, 0.3) is 0 Å². The Bertz CT molecular complexity index is 868. The van der Waals surface area contributed by atoms with Crippen LogP contribution in [0.15, 0.2) is 48.6 Å². The Balaban J connectivity index is 0. The summed E-state index contributed by atoms with van der Waals surface area (Å²) in [5.74, 6) is -3.22. The Hall–Kier alpha value is -2.24. The fraction of sp³-hybridized carbons (Fsp3) is 0.478. The number of carbonyl (C=O) groups is 4. The molecular formula is C23H31NaO10. The van der Waals surface area contributed by atoms with Crippen molar-refractivity contribution in [1.82, 2.24) is 0 Å². The standard InChI is InChI=1S/C23H30O10.Na.H/c1-11(2)19(24)29-10-15-16(31-20(25)12(3)4)17(32-21(26)13(5)6)18(23(28-9)30-15)33-22(27)14(7)8;;/h15-18,23H,1,3,5,7,10H2,2,4,6,8-9H3;;/q;+1;-1/t15?,16-,17+,18?,23-;;/m1../s1. The Kier molecular flexibility index (Phi) is 13.3. The quantitative estimate of drug-likeness (QED) is 0.164. The first-order valence-electron chi connectivity index (χ1n) is 9.90. The van der Waals surface area contributed by atoms with Gasteiger partial charge in [0.2, 0.25) is 0 Å². The van der Waals surface area contributed by atoms with Crippen LogP contribution in [0.2, 0.25) is 0 Å². The number of hydrogen-bond donors (Lipinski definition) is 0. The molecule has 0 saturated carbocycles. The molecule has 0 aromatic heterocycles. The zero-order valence-electron chi connectivity index (χ0n) is 21.5. The van der Waals surface area contributed by atoms with Crippen LogP contribution in [-0.2, 0) is 47.6 Å². The van der Waals surface area contributed by atoms with E-state index in [9.17, 15) is 19.2 Å². The van der Waals surface area contributed by atoms with E-state index in [1.54, 1.807) is 0 Å². The third-order valence-electron chi connectivity index (χ3n) is 4.33. The van der Waals surface area contributed by atoms with Crippen molar-refractivity contribution in [2.45, 2.75) is 58.4 Å². The van der Waals surface area contributed by atoms with Crippen LogP contribution in [0.4, 0.5) is 0 Å². The second kappa shape index (κ2) is 14.2. The number of esters is 4. The second-order valence-electron chi connectivity index (χ2n) is 7.61. The van der Waals surface area contributed by atoms with Crippen LogP contribution < -0.4 is 29.6 Å². The smallest absolute Gasteiger partial charge is 1.00 e. The summed E-state index contributed by atoms with van der Waals surface area (Å²) in [6.45, 7) is 19.3. The molecule has 1 fully saturated rings. The van der Waals surface area contributed by atoms with Crippen molar-refractivity contribution >= 4 is 23.9 Å². The summed E-state index contributed by atoms with van der Waals surface area (Å²) < 4.78 is 32.6. The Morgan fingerprint density at radius 2 is 1.09 bits per heavy atom. The van der Waals surface area contributed by atoms with Crippen molar-refractivity contribution in [2.75, 3.05) is 13.7 Å². The van der Waals surface area contributed by atoms with Gasteiger partial charge in [0.1, 0.15) is 12.7 Å². The van der Waals surface area contributed by atoms with Crippen molar-refractivity contribution < 1.29 is 78.6 Å². The zero-order chi connectivity index (χ0) is 25.5. The monoisotopic (exact) mass is 490 g/mol. The predicted octanol–water partition coefficient (Wildman–Crippen LogP) is -0.943. The van der Waals surface area contributed by atoms with Gasteiger partial charge in [-0.15, -0.1) is 0 Å². The molecule has 0 spiro atoms. The molecule has 0 bridgehead atoms. The maximum atomic E-state index is 12.4. The third-order valence-corrected chi connectivity index (χ3v) is 4.33. The van der Waals surface area contributed by atoms with Gasteiger partial charge in [-0.05, 0) is 27.7 Å². The van der Waals surface area contributed by atoms with Gasteiger partial charge in [-0.1, -0.05) is 26.3 Å². The maximum absolute atomic E-state index is 12.4. The van der Waals surface area contributed by atoms with Crippen LogP contribution >= 0.6 is 0 Å². The molecule has 1 aliphatic heterocycles. The van der Waals surface area contributed by atoms with E-state index in [0.717, 1.165) is 0 Å². The first kappa shape index (κ1) is 31.8. The van der Waals surface area contributed by atoms with E-state index >= 15 is 0 Å². The summed E-state index contributed by atoms with van der Waals surface area (Å²) in [7, 11) is 1.26. The van der Waals surface area contributed by atoms with Crippen molar-refractivity contribution in [3.63, 3.8) is 0 Å². The van der Waals surface area contributed by atoms with E-state index in [1.165, 1.54) is 34.8 Å². The summed E-state index contributed by atoms with van der Waals surface area (Å²) in [6.07, 6.45) is -6.58. The third kappa shape index (κ3) is 8.84. The average molecular weight is 490 g/mol. The van der Waals surface area contributed by atoms with Gasteiger partial charge < -0.3 is 29.8 Å². The van der Waals surface area contributed by atoms with E-state index in [1.807, 2.05) is 0 Å². The van der Waals surface area contributed by atoms with Crippen LogP contribution in [0.5, 0.6) is 0 Å². The van der Waals surface area contributed by atoms with Crippen LogP contribution in [0.3, 0.4) is 0 Å². The molecule has 0 amide bonds. The molecule has 0 aromatic carbocycles. The summed E-state index contributed by atoms with van der Waals surface area (Å²) in [5.41, 5.74) is 0.267. The molecule has 0 N–H and O–H groups in total. The normalized spacial score (nSPS) is 23.4. The molecule has 1 rings (SSSR count). The fourth-order valence-electron chi connectivity index (χ4n) is 2.56. The maximum Gasteiger partial charge on any atom is 1.00 e. The van der Waals surface area contributed by atoms with Gasteiger partial charge in [0, 0.05) is 29.4 Å². The number of methoxy groups -OCH3 is 1. The summed E-state index contributed by atoms with van der Waals surface area (Å²) in [6, 6.07) is 0. The van der Waals surface area contributed by atoms with Gasteiger partial charge in [-0.3, -0.25) is 0 Å². The van der Waals surface area contributed by atoms with Crippen molar-refractivity contribution in [1.29, 1.82) is 0 Å². The Labute approximate surface area is 222 Å². The average Bonchev–Trinajstić information content (AvgIpc) is 2.73. The van der Waals surface area contributed by atoms with Crippen LogP contribution in [-0.4, -0.2) is 68.3 Å². The second-order valence-corrected chi connectivity index (χ2v) is 7.61. The molecule has 0 radical (unpaired) electrons. The number of hydrogen-bond acceptors (Lipinski definition) is 10. The molecule has 1 saturated heterocycles. The molecular weight excluding hydrogens is 459 g/mol. The molecule has 10 nitrogen and oxygen atoms in total.